The Hall–Kier alpha value is -2.71. The highest BCUT2D eigenvalue weighted by atomic mass is 16.5. The molecule has 1 aliphatic carbocycles. The molecule has 0 saturated carbocycles. The van der Waals surface area contributed by atoms with Gasteiger partial charge in [0.2, 0.25) is 11.8 Å². The van der Waals surface area contributed by atoms with E-state index in [2.05, 4.69) is 20.8 Å². The van der Waals surface area contributed by atoms with E-state index in [1.165, 1.54) is 18.3 Å². The number of likely N-dealkylation sites (tertiary alicyclic amines) is 1. The molecule has 184 valence electrons. The largest absolute Gasteiger partial charge is 0.459 e. The van der Waals surface area contributed by atoms with Gasteiger partial charge >= 0.3 is 6.09 Å². The predicted octanol–water partition coefficient (Wildman–Crippen LogP) is 4.08. The fraction of sp³-hybridized carbons (Fsp3) is 0.577. The number of fused-ring (bicyclic) bond motifs is 3. The summed E-state index contributed by atoms with van der Waals surface area (Å²) in [5.41, 5.74) is 3.51. The van der Waals surface area contributed by atoms with E-state index in [4.69, 9.17) is 13.9 Å². The van der Waals surface area contributed by atoms with Crippen molar-refractivity contribution in [1.29, 1.82) is 0 Å². The van der Waals surface area contributed by atoms with E-state index in [1.54, 1.807) is 6.07 Å². The lowest BCUT2D eigenvalue weighted by Crippen LogP contribution is -2.38. The van der Waals surface area contributed by atoms with Gasteiger partial charge in [0, 0.05) is 5.92 Å². The smallest absolute Gasteiger partial charge is 0.423 e. The molecule has 3 heterocycles. The molecule has 8 heteroatoms. The summed E-state index contributed by atoms with van der Waals surface area (Å²) in [6.07, 6.45) is 3.85. The van der Waals surface area contributed by atoms with Crippen LogP contribution in [0.4, 0.5) is 4.79 Å². The quantitative estimate of drug-likeness (QED) is 0.472. The highest BCUT2D eigenvalue weighted by molar-refractivity contribution is 6.16. The molecule has 3 amide bonds. The molecule has 4 rings (SSSR count). The molecule has 0 unspecified atom stereocenters. The molecular formula is C26H33NO7. The third-order valence-corrected chi connectivity index (χ3v) is 7.36. The zero-order valence-electron chi connectivity index (χ0n) is 20.2. The molecular weight excluding hydrogens is 438 g/mol. The Labute approximate surface area is 199 Å². The van der Waals surface area contributed by atoms with Gasteiger partial charge in [-0.15, -0.1) is 0 Å². The van der Waals surface area contributed by atoms with Crippen LogP contribution in [0.2, 0.25) is 0 Å². The van der Waals surface area contributed by atoms with Crippen molar-refractivity contribution in [1.82, 2.24) is 4.90 Å². The summed E-state index contributed by atoms with van der Waals surface area (Å²) in [6, 6.07) is 3.61. The van der Waals surface area contributed by atoms with E-state index in [1.807, 2.05) is 12.1 Å². The second-order valence-electron chi connectivity index (χ2n) is 9.54. The molecule has 1 aromatic heterocycles. The van der Waals surface area contributed by atoms with Crippen LogP contribution in [-0.2, 0) is 25.7 Å². The van der Waals surface area contributed by atoms with Gasteiger partial charge in [-0.25, -0.2) is 4.79 Å². The third kappa shape index (κ3) is 4.25. The number of rotatable bonds is 7. The van der Waals surface area contributed by atoms with Crippen molar-refractivity contribution >= 4 is 24.0 Å². The maximum Gasteiger partial charge on any atom is 0.423 e. The van der Waals surface area contributed by atoms with Gasteiger partial charge in [0.15, 0.2) is 0 Å². The summed E-state index contributed by atoms with van der Waals surface area (Å²) in [4.78, 5) is 38.9. The first-order valence-corrected chi connectivity index (χ1v) is 12.0. The van der Waals surface area contributed by atoms with Crippen molar-refractivity contribution in [2.75, 3.05) is 13.7 Å². The number of furan rings is 1. The van der Waals surface area contributed by atoms with Crippen molar-refractivity contribution < 1.29 is 33.4 Å². The Bertz CT molecular complexity index is 1030. The summed E-state index contributed by atoms with van der Waals surface area (Å²) < 4.78 is 16.5. The molecule has 4 atom stereocenters. The Morgan fingerprint density at radius 2 is 2.03 bits per heavy atom. The average Bonchev–Trinajstić information content (AvgIpc) is 3.52. The SMILES string of the molecule is CC/C(=C\c1ccc(CO)o1)CC[C@H]1OC[C@H]2C1=C(C(C)C)C[C@H]1C(=O)N(C(=O)OC)C(=O)[C@H]12. The maximum atomic E-state index is 13.1. The fourth-order valence-electron chi connectivity index (χ4n) is 5.66. The number of methoxy groups -OCH3 is 1. The molecule has 2 aliphatic heterocycles. The highest BCUT2D eigenvalue weighted by Crippen LogP contribution is 2.51. The van der Waals surface area contributed by atoms with Crippen LogP contribution in [-0.4, -0.2) is 47.7 Å². The molecule has 34 heavy (non-hydrogen) atoms. The molecule has 2 fully saturated rings. The number of carbonyl (C=O) groups excluding carboxylic acids is 3. The van der Waals surface area contributed by atoms with E-state index >= 15 is 0 Å². The number of allylic oxidation sites excluding steroid dienone is 2. The molecule has 1 aromatic rings. The molecule has 0 aromatic carbocycles. The summed E-state index contributed by atoms with van der Waals surface area (Å²) in [5, 5.41) is 9.22. The van der Waals surface area contributed by atoms with Crippen molar-refractivity contribution in [2.45, 2.75) is 59.2 Å². The molecule has 1 N–H and O–H groups in total. The minimum Gasteiger partial charge on any atom is -0.459 e. The van der Waals surface area contributed by atoms with Crippen molar-refractivity contribution in [3.8, 4) is 0 Å². The number of ether oxygens (including phenoxy) is 2. The molecule has 0 radical (unpaired) electrons. The van der Waals surface area contributed by atoms with Crippen molar-refractivity contribution in [2.24, 2.45) is 23.7 Å². The summed E-state index contributed by atoms with van der Waals surface area (Å²) in [5.74, 6) is -0.781. The summed E-state index contributed by atoms with van der Waals surface area (Å²) in [6.45, 7) is 6.53. The first-order chi connectivity index (χ1) is 16.3. The van der Waals surface area contributed by atoms with Gasteiger partial charge < -0.3 is 19.0 Å². The lowest BCUT2D eigenvalue weighted by molar-refractivity contribution is -0.137. The lowest BCUT2D eigenvalue weighted by Gasteiger charge is -2.33. The average molecular weight is 472 g/mol. The van der Waals surface area contributed by atoms with E-state index in [-0.39, 0.29) is 24.5 Å². The Morgan fingerprint density at radius 3 is 2.65 bits per heavy atom. The molecule has 8 nitrogen and oxygen atoms in total. The number of imide groups is 3. The summed E-state index contributed by atoms with van der Waals surface area (Å²) in [7, 11) is 1.18. The Morgan fingerprint density at radius 1 is 1.26 bits per heavy atom. The predicted molar refractivity (Wildman–Crippen MR) is 123 cm³/mol. The number of aliphatic hydroxyl groups is 1. The topological polar surface area (TPSA) is 106 Å². The fourth-order valence-corrected chi connectivity index (χ4v) is 5.66. The monoisotopic (exact) mass is 471 g/mol. The Balaban J connectivity index is 1.56. The van der Waals surface area contributed by atoms with Gasteiger partial charge in [-0.2, -0.15) is 4.90 Å². The molecule has 0 spiro atoms. The van der Waals surface area contributed by atoms with Gasteiger partial charge in [-0.1, -0.05) is 31.9 Å². The van der Waals surface area contributed by atoms with E-state index in [9.17, 15) is 19.5 Å². The Kier molecular flexibility index (Phi) is 7.09. The number of hydrogen-bond donors (Lipinski definition) is 1. The lowest BCUT2D eigenvalue weighted by atomic mass is 9.67. The molecule has 3 aliphatic rings. The first-order valence-electron chi connectivity index (χ1n) is 12.0. The number of carbonyl (C=O) groups is 3. The van der Waals surface area contributed by atoms with Crippen LogP contribution in [0.3, 0.4) is 0 Å². The van der Waals surface area contributed by atoms with E-state index in [0.29, 0.717) is 29.4 Å². The van der Waals surface area contributed by atoms with Gasteiger partial charge in [0.05, 0.1) is 31.7 Å². The van der Waals surface area contributed by atoms with Crippen LogP contribution >= 0.6 is 0 Å². The second kappa shape index (κ2) is 9.88. The van der Waals surface area contributed by atoms with Gasteiger partial charge in [-0.3, -0.25) is 9.59 Å². The van der Waals surface area contributed by atoms with Crippen LogP contribution in [0.25, 0.3) is 6.08 Å². The minimum atomic E-state index is -0.910. The van der Waals surface area contributed by atoms with Gasteiger partial charge in [0.1, 0.15) is 18.1 Å². The standard InChI is InChI=1S/C26H33NO7/c1-5-15(10-16-7-8-17(12-28)34-16)6-9-21-22-18(14(2)3)11-19-23(20(22)13-33-21)25(30)27(24(19)29)26(31)32-4/h7-8,10,14,19-21,23,28H,5-6,9,11-13H2,1-4H3/b15-10+/t19-,20+,21-,23-/m1/s1. The first kappa shape index (κ1) is 24.4. The van der Waals surface area contributed by atoms with Crippen LogP contribution < -0.4 is 0 Å². The number of amides is 3. The highest BCUT2D eigenvalue weighted by Gasteiger charge is 2.59. The second-order valence-corrected chi connectivity index (χ2v) is 9.54. The van der Waals surface area contributed by atoms with Gasteiger partial charge in [0.25, 0.3) is 0 Å². The number of hydrogen-bond acceptors (Lipinski definition) is 7. The van der Waals surface area contributed by atoms with Crippen LogP contribution in [0.1, 0.15) is 58.0 Å². The van der Waals surface area contributed by atoms with Crippen molar-refractivity contribution in [3.05, 3.63) is 40.4 Å². The number of aliphatic hydroxyl groups excluding tert-OH is 1. The van der Waals surface area contributed by atoms with Crippen LogP contribution in [0, 0.1) is 23.7 Å². The number of nitrogens with zero attached hydrogens (tertiary/aromatic N) is 1. The zero-order valence-corrected chi connectivity index (χ0v) is 20.2. The van der Waals surface area contributed by atoms with Crippen LogP contribution in [0.5, 0.6) is 0 Å². The van der Waals surface area contributed by atoms with Crippen molar-refractivity contribution in [3.63, 3.8) is 0 Å². The summed E-state index contributed by atoms with van der Waals surface area (Å²) >= 11 is 0. The normalized spacial score (nSPS) is 27.0. The minimum absolute atomic E-state index is 0.127. The maximum absolute atomic E-state index is 13.1. The molecule has 2 saturated heterocycles. The third-order valence-electron chi connectivity index (χ3n) is 7.36. The van der Waals surface area contributed by atoms with E-state index in [0.717, 1.165) is 24.8 Å². The van der Waals surface area contributed by atoms with Gasteiger partial charge in [-0.05, 0) is 55.4 Å². The molecule has 0 bridgehead atoms. The van der Waals surface area contributed by atoms with Crippen LogP contribution in [0.15, 0.2) is 33.3 Å². The van der Waals surface area contributed by atoms with E-state index < -0.39 is 29.7 Å². The zero-order chi connectivity index (χ0) is 24.6.